The van der Waals surface area contributed by atoms with E-state index in [1.165, 1.54) is 4.31 Å². The van der Waals surface area contributed by atoms with Crippen LogP contribution in [0.25, 0.3) is 6.08 Å². The van der Waals surface area contributed by atoms with Crippen molar-refractivity contribution in [1.29, 1.82) is 0 Å². The Balaban J connectivity index is 1.96. The standard InChI is InChI=1S/C20H24N2O3S/c1-15(2)26(23,24)22(17-8-6-5-7-9-17)14-16-10-11-19-18(21-16)12-13-20(3,4)25-19/h5-13,15H,14H2,1-4H3. The molecule has 1 aromatic heterocycles. The summed E-state index contributed by atoms with van der Waals surface area (Å²) in [7, 11) is -3.49. The Bertz CT molecular complexity index is 919. The molecule has 1 aliphatic heterocycles. The van der Waals surface area contributed by atoms with Crippen molar-refractivity contribution in [3.8, 4) is 5.75 Å². The molecule has 0 fully saturated rings. The van der Waals surface area contributed by atoms with Gasteiger partial charge in [-0.05, 0) is 64.1 Å². The third-order valence-corrected chi connectivity index (χ3v) is 6.36. The zero-order valence-corrected chi connectivity index (χ0v) is 16.3. The smallest absolute Gasteiger partial charge is 0.237 e. The fourth-order valence-electron chi connectivity index (χ4n) is 2.72. The molecule has 26 heavy (non-hydrogen) atoms. The molecule has 2 aromatic rings. The van der Waals surface area contributed by atoms with E-state index in [4.69, 9.17) is 4.74 Å². The van der Waals surface area contributed by atoms with Crippen LogP contribution in [0.4, 0.5) is 5.69 Å². The number of hydrogen-bond acceptors (Lipinski definition) is 4. The highest BCUT2D eigenvalue weighted by molar-refractivity contribution is 7.93. The minimum Gasteiger partial charge on any atom is -0.482 e. The number of rotatable bonds is 5. The predicted molar refractivity (Wildman–Crippen MR) is 105 cm³/mol. The maximum atomic E-state index is 12.9. The second-order valence-corrected chi connectivity index (χ2v) is 9.57. The number of sulfonamides is 1. The van der Waals surface area contributed by atoms with Crippen LogP contribution in [-0.2, 0) is 16.6 Å². The van der Waals surface area contributed by atoms with Crippen LogP contribution in [0, 0.1) is 0 Å². The zero-order chi connectivity index (χ0) is 18.9. The van der Waals surface area contributed by atoms with Crippen LogP contribution in [0.15, 0.2) is 48.5 Å². The number of pyridine rings is 1. The van der Waals surface area contributed by atoms with Gasteiger partial charge in [-0.15, -0.1) is 0 Å². The Morgan fingerprint density at radius 2 is 1.81 bits per heavy atom. The second-order valence-electron chi connectivity index (χ2n) is 7.16. The lowest BCUT2D eigenvalue weighted by Crippen LogP contribution is -2.36. The summed E-state index contributed by atoms with van der Waals surface area (Å²) in [5.41, 5.74) is 1.66. The lowest BCUT2D eigenvalue weighted by atomic mass is 10.1. The van der Waals surface area contributed by atoms with Gasteiger partial charge >= 0.3 is 0 Å². The van der Waals surface area contributed by atoms with Gasteiger partial charge in [-0.2, -0.15) is 0 Å². The third-order valence-electron chi connectivity index (χ3n) is 4.21. The number of hydrogen-bond donors (Lipinski definition) is 0. The summed E-state index contributed by atoms with van der Waals surface area (Å²) in [5.74, 6) is 0.708. The summed E-state index contributed by atoms with van der Waals surface area (Å²) in [6.45, 7) is 7.50. The number of para-hydroxylation sites is 1. The molecule has 0 unspecified atom stereocenters. The van der Waals surface area contributed by atoms with E-state index >= 15 is 0 Å². The van der Waals surface area contributed by atoms with Crippen LogP contribution in [0.3, 0.4) is 0 Å². The molecule has 1 aliphatic rings. The molecule has 2 heterocycles. The van der Waals surface area contributed by atoms with Gasteiger partial charge in [0.2, 0.25) is 10.0 Å². The summed E-state index contributed by atoms with van der Waals surface area (Å²) in [6, 6.07) is 12.8. The van der Waals surface area contributed by atoms with E-state index in [9.17, 15) is 8.42 Å². The van der Waals surface area contributed by atoms with Gasteiger partial charge in [0.1, 0.15) is 17.0 Å². The van der Waals surface area contributed by atoms with Gasteiger partial charge < -0.3 is 4.74 Å². The van der Waals surface area contributed by atoms with E-state index in [0.717, 1.165) is 5.69 Å². The normalized spacial score (nSPS) is 15.4. The zero-order valence-electron chi connectivity index (χ0n) is 15.5. The number of fused-ring (bicyclic) bond motifs is 1. The van der Waals surface area contributed by atoms with Crippen LogP contribution in [0.5, 0.6) is 5.75 Å². The topological polar surface area (TPSA) is 59.5 Å². The van der Waals surface area contributed by atoms with Crippen LogP contribution in [-0.4, -0.2) is 24.3 Å². The molecule has 0 radical (unpaired) electrons. The van der Waals surface area contributed by atoms with E-state index in [-0.39, 0.29) is 12.1 Å². The summed E-state index contributed by atoms with van der Waals surface area (Å²) in [5, 5.41) is -0.524. The highest BCUT2D eigenvalue weighted by Crippen LogP contribution is 2.30. The molecular weight excluding hydrogens is 348 g/mol. The van der Waals surface area contributed by atoms with Crippen LogP contribution in [0.2, 0.25) is 0 Å². The molecule has 138 valence electrons. The molecule has 0 aliphatic carbocycles. The van der Waals surface area contributed by atoms with E-state index < -0.39 is 15.3 Å². The summed E-state index contributed by atoms with van der Waals surface area (Å²) in [4.78, 5) is 4.60. The van der Waals surface area contributed by atoms with E-state index in [0.29, 0.717) is 17.1 Å². The minimum absolute atomic E-state index is 0.176. The van der Waals surface area contributed by atoms with Gasteiger partial charge in [0.05, 0.1) is 23.2 Å². The van der Waals surface area contributed by atoms with E-state index in [1.54, 1.807) is 26.0 Å². The number of benzene rings is 1. The van der Waals surface area contributed by atoms with Crippen molar-refractivity contribution in [3.63, 3.8) is 0 Å². The predicted octanol–water partition coefficient (Wildman–Crippen LogP) is 4.01. The van der Waals surface area contributed by atoms with Crippen molar-refractivity contribution in [2.45, 2.75) is 45.1 Å². The summed E-state index contributed by atoms with van der Waals surface area (Å²) >= 11 is 0. The number of aromatic nitrogens is 1. The lowest BCUT2D eigenvalue weighted by Gasteiger charge is -2.29. The van der Waals surface area contributed by atoms with Gasteiger partial charge in [0.25, 0.3) is 0 Å². The van der Waals surface area contributed by atoms with E-state index in [2.05, 4.69) is 4.98 Å². The number of ether oxygens (including phenoxy) is 1. The molecular formula is C20H24N2O3S. The van der Waals surface area contributed by atoms with Gasteiger partial charge in [-0.1, -0.05) is 18.2 Å². The van der Waals surface area contributed by atoms with Gasteiger partial charge in [-0.3, -0.25) is 4.31 Å². The molecule has 0 saturated carbocycles. The molecule has 0 amide bonds. The Hall–Kier alpha value is -2.34. The van der Waals surface area contributed by atoms with Gasteiger partial charge in [0, 0.05) is 0 Å². The average Bonchev–Trinajstić information content (AvgIpc) is 2.59. The molecule has 5 nitrogen and oxygen atoms in total. The van der Waals surface area contributed by atoms with Crippen LogP contribution in [0.1, 0.15) is 39.1 Å². The Labute approximate surface area is 155 Å². The maximum Gasteiger partial charge on any atom is 0.237 e. The van der Waals surface area contributed by atoms with Crippen molar-refractivity contribution >= 4 is 21.8 Å². The first-order valence-electron chi connectivity index (χ1n) is 8.64. The van der Waals surface area contributed by atoms with Crippen LogP contribution >= 0.6 is 0 Å². The molecule has 0 bridgehead atoms. The van der Waals surface area contributed by atoms with Crippen molar-refractivity contribution in [3.05, 3.63) is 59.9 Å². The highest BCUT2D eigenvalue weighted by atomic mass is 32.2. The summed E-state index contributed by atoms with van der Waals surface area (Å²) in [6.07, 6.45) is 3.87. The monoisotopic (exact) mass is 372 g/mol. The Kier molecular flexibility index (Phi) is 4.80. The van der Waals surface area contributed by atoms with Crippen molar-refractivity contribution in [2.24, 2.45) is 0 Å². The molecule has 0 N–H and O–H groups in total. The lowest BCUT2D eigenvalue weighted by molar-refractivity contribution is 0.158. The largest absolute Gasteiger partial charge is 0.482 e. The third kappa shape index (κ3) is 3.75. The Morgan fingerprint density at radius 3 is 2.46 bits per heavy atom. The quantitative estimate of drug-likeness (QED) is 0.796. The SMILES string of the molecule is CC(C)S(=O)(=O)N(Cc1ccc2c(n1)C=CC(C)(C)O2)c1ccccc1. The average molecular weight is 372 g/mol. The molecule has 0 saturated heterocycles. The second kappa shape index (κ2) is 6.76. The molecule has 0 atom stereocenters. The first kappa shape index (κ1) is 18.5. The van der Waals surface area contributed by atoms with Crippen molar-refractivity contribution < 1.29 is 13.2 Å². The van der Waals surface area contributed by atoms with Crippen LogP contribution < -0.4 is 9.04 Å². The molecule has 0 spiro atoms. The number of anilines is 1. The van der Waals surface area contributed by atoms with Gasteiger partial charge in [-0.25, -0.2) is 13.4 Å². The first-order valence-corrected chi connectivity index (χ1v) is 10.1. The molecule has 6 heteroatoms. The number of nitrogens with zero attached hydrogens (tertiary/aromatic N) is 2. The van der Waals surface area contributed by atoms with Crippen molar-refractivity contribution in [2.75, 3.05) is 4.31 Å². The first-order chi connectivity index (χ1) is 12.2. The fraction of sp³-hybridized carbons (Fsp3) is 0.350. The molecule has 3 rings (SSSR count). The minimum atomic E-state index is -3.49. The van der Waals surface area contributed by atoms with Crippen molar-refractivity contribution in [1.82, 2.24) is 4.98 Å². The maximum absolute atomic E-state index is 12.9. The van der Waals surface area contributed by atoms with Gasteiger partial charge in [0.15, 0.2) is 0 Å². The Morgan fingerprint density at radius 1 is 1.12 bits per heavy atom. The fourth-order valence-corrected chi connectivity index (χ4v) is 3.96. The highest BCUT2D eigenvalue weighted by Gasteiger charge is 2.28. The van der Waals surface area contributed by atoms with E-state index in [1.807, 2.05) is 56.3 Å². The summed E-state index contributed by atoms with van der Waals surface area (Å²) < 4.78 is 33.0. The molecule has 1 aromatic carbocycles.